The number of nitrogens with zero attached hydrogens (tertiary/aromatic N) is 5. The summed E-state index contributed by atoms with van der Waals surface area (Å²) in [7, 11) is -2.90. The minimum absolute atomic E-state index is 0.0354. The van der Waals surface area contributed by atoms with Gasteiger partial charge in [0.1, 0.15) is 17.9 Å². The Morgan fingerprint density at radius 3 is 2.50 bits per heavy atom. The molecule has 0 bridgehead atoms. The summed E-state index contributed by atoms with van der Waals surface area (Å²) in [5.74, 6) is -0.351. The number of fused-ring (bicyclic) bond motifs is 2. The number of hydrogen-bond acceptors (Lipinski definition) is 12. The summed E-state index contributed by atoms with van der Waals surface area (Å²) in [4.78, 5) is 40.0. The van der Waals surface area contributed by atoms with Gasteiger partial charge in [0, 0.05) is 68.2 Å². The number of allylic oxidation sites excluding steroid dienone is 1. The molecule has 1 saturated carbocycles. The topological polar surface area (TPSA) is 172 Å². The van der Waals surface area contributed by atoms with Crippen LogP contribution >= 0.6 is 11.6 Å². The molecule has 15 nitrogen and oxygen atoms in total. The fraction of sp³-hybridized carbons (Fsp3) is 0.429. The van der Waals surface area contributed by atoms with Crippen molar-refractivity contribution in [2.24, 2.45) is 11.3 Å². The summed E-state index contributed by atoms with van der Waals surface area (Å²) in [5, 5.41) is 13.8. The van der Waals surface area contributed by atoms with Crippen LogP contribution < -0.4 is 24.0 Å². The molecule has 2 aliphatic carbocycles. The van der Waals surface area contributed by atoms with E-state index in [2.05, 4.69) is 45.5 Å². The molecule has 4 aliphatic rings. The normalized spacial score (nSPS) is 20.2. The van der Waals surface area contributed by atoms with Gasteiger partial charge in [-0.15, -0.1) is 0 Å². The van der Waals surface area contributed by atoms with Gasteiger partial charge in [0.25, 0.3) is 15.9 Å². The number of aromatic nitrogens is 2. The van der Waals surface area contributed by atoms with Gasteiger partial charge in [0.05, 0.1) is 40.3 Å². The van der Waals surface area contributed by atoms with Crippen LogP contribution in [0, 0.1) is 21.4 Å². The van der Waals surface area contributed by atoms with Crippen molar-refractivity contribution in [3.63, 3.8) is 0 Å². The number of hydrogen-bond donors (Lipinski definition) is 2. The van der Waals surface area contributed by atoms with Crippen LogP contribution in [0.4, 0.5) is 22.7 Å². The van der Waals surface area contributed by atoms with Crippen molar-refractivity contribution in [2.45, 2.75) is 69.8 Å². The smallest absolute Gasteiger partial charge is 0.312 e. The van der Waals surface area contributed by atoms with Crippen LogP contribution in [0.1, 0.15) is 74.7 Å². The minimum atomic E-state index is -4.59. The number of H-pyrrole nitrogens is 1. The van der Waals surface area contributed by atoms with Gasteiger partial charge in [0.15, 0.2) is 5.75 Å². The molecular formula is C49H56ClN7O8S. The Balaban J connectivity index is 0.962. The Labute approximate surface area is 390 Å². The zero-order valence-corrected chi connectivity index (χ0v) is 39.1. The quantitative estimate of drug-likeness (QED) is 0.0849. The number of pyridine rings is 1. The van der Waals surface area contributed by atoms with Crippen LogP contribution in [0.15, 0.2) is 89.5 Å². The highest BCUT2D eigenvalue weighted by Gasteiger charge is 2.33. The maximum absolute atomic E-state index is 14.3. The number of methoxy groups -OCH3 is 1. The van der Waals surface area contributed by atoms with Crippen molar-refractivity contribution in [1.82, 2.24) is 19.6 Å². The van der Waals surface area contributed by atoms with Gasteiger partial charge < -0.3 is 29.0 Å². The summed E-state index contributed by atoms with van der Waals surface area (Å²) in [6.07, 6.45) is 8.66. The number of anilines is 3. The second-order valence-corrected chi connectivity index (χ2v) is 20.8. The average molecular weight is 939 g/mol. The molecule has 5 aromatic rings. The molecule has 1 amide bonds. The number of sulfonamides is 1. The van der Waals surface area contributed by atoms with Gasteiger partial charge in [-0.05, 0) is 122 Å². The lowest BCUT2D eigenvalue weighted by atomic mass is 9.72. The number of amides is 1. The van der Waals surface area contributed by atoms with E-state index in [0.29, 0.717) is 29.4 Å². The Hall–Kier alpha value is -5.68. The first-order valence-corrected chi connectivity index (χ1v) is 24.6. The number of carbonyl (C=O) groups excluding carboxylic acids is 1. The minimum Gasteiger partial charge on any atom is -0.487 e. The average Bonchev–Trinajstić information content (AvgIpc) is 3.78. The van der Waals surface area contributed by atoms with Gasteiger partial charge in [-0.1, -0.05) is 43.2 Å². The molecule has 66 heavy (non-hydrogen) atoms. The summed E-state index contributed by atoms with van der Waals surface area (Å²) in [6, 6.07) is 20.9. The van der Waals surface area contributed by atoms with Crippen LogP contribution in [0.25, 0.3) is 16.6 Å². The number of piperazine rings is 1. The van der Waals surface area contributed by atoms with Gasteiger partial charge in [0.2, 0.25) is 5.88 Å². The van der Waals surface area contributed by atoms with Crippen molar-refractivity contribution < 1.29 is 32.3 Å². The molecule has 0 unspecified atom stereocenters. The molecule has 0 atom stereocenters. The van der Waals surface area contributed by atoms with Crippen LogP contribution in [0.5, 0.6) is 11.6 Å². The van der Waals surface area contributed by atoms with Gasteiger partial charge >= 0.3 is 5.69 Å². The lowest BCUT2D eigenvalue weighted by Crippen LogP contribution is -2.47. The Morgan fingerprint density at radius 2 is 1.76 bits per heavy atom. The van der Waals surface area contributed by atoms with Gasteiger partial charge in [-0.25, -0.2) is 13.1 Å². The fourth-order valence-corrected chi connectivity index (χ4v) is 10.9. The van der Waals surface area contributed by atoms with Crippen LogP contribution in [-0.2, 0) is 14.8 Å². The molecule has 2 fully saturated rings. The number of ether oxygens (including phenoxy) is 3. The van der Waals surface area contributed by atoms with E-state index in [-0.39, 0.29) is 42.0 Å². The third-order valence-corrected chi connectivity index (χ3v) is 15.2. The molecule has 2 aliphatic heterocycles. The third-order valence-electron chi connectivity index (χ3n) is 13.6. The Bertz CT molecular complexity index is 2760. The number of aromatic amines is 1. The van der Waals surface area contributed by atoms with E-state index in [1.54, 1.807) is 19.4 Å². The van der Waals surface area contributed by atoms with E-state index in [4.69, 9.17) is 30.8 Å². The summed E-state index contributed by atoms with van der Waals surface area (Å²) in [5.41, 5.74) is 6.58. The van der Waals surface area contributed by atoms with E-state index in [0.717, 1.165) is 99.8 Å². The van der Waals surface area contributed by atoms with Gasteiger partial charge in [-0.2, -0.15) is 4.98 Å². The monoisotopic (exact) mass is 937 g/mol. The highest BCUT2D eigenvalue weighted by molar-refractivity contribution is 7.90. The summed E-state index contributed by atoms with van der Waals surface area (Å²) in [6.45, 7) is 9.60. The second kappa shape index (κ2) is 18.9. The van der Waals surface area contributed by atoms with E-state index < -0.39 is 31.4 Å². The van der Waals surface area contributed by atoms with E-state index in [1.807, 2.05) is 41.3 Å². The Morgan fingerprint density at radius 1 is 0.985 bits per heavy atom. The molecule has 17 heteroatoms. The van der Waals surface area contributed by atoms with E-state index >= 15 is 0 Å². The number of benzene rings is 3. The maximum atomic E-state index is 14.3. The zero-order valence-electron chi connectivity index (χ0n) is 37.6. The lowest BCUT2D eigenvalue weighted by Gasteiger charge is -2.39. The molecule has 0 radical (unpaired) electrons. The van der Waals surface area contributed by atoms with Crippen LogP contribution in [0.3, 0.4) is 0 Å². The van der Waals surface area contributed by atoms with E-state index in [9.17, 15) is 23.3 Å². The molecule has 1 saturated heterocycles. The predicted molar refractivity (Wildman–Crippen MR) is 256 cm³/mol. The first-order valence-electron chi connectivity index (χ1n) is 22.7. The van der Waals surface area contributed by atoms with Crippen LogP contribution in [0.2, 0.25) is 5.02 Å². The lowest BCUT2D eigenvalue weighted by molar-refractivity contribution is -0.386. The maximum Gasteiger partial charge on any atom is 0.312 e. The molecule has 4 heterocycles. The number of halogens is 1. The number of nitrogens with one attached hydrogen (secondary N) is 2. The summed E-state index contributed by atoms with van der Waals surface area (Å²) >= 11 is 6.27. The van der Waals surface area contributed by atoms with Crippen molar-refractivity contribution in [3.8, 4) is 11.6 Å². The first kappa shape index (κ1) is 45.5. The Kier molecular flexibility index (Phi) is 13.0. The SMILES string of the molecule is COC1CCC(COc2ccc(S(=O)(=O)NC(=O)c3ccc(N4CCN(CC5=C(c6ccc(Cl)cc6)CC(C)(C)CC5)CC4)cc3N3CCOc4nc5[nH]ccc5cc43)cc2[N+](=O)[O-])CC1. The molecule has 0 spiro atoms. The number of carbonyl (C=O) groups is 1. The van der Waals surface area contributed by atoms with Crippen molar-refractivity contribution in [3.05, 3.63) is 111 Å². The molecule has 2 aromatic heterocycles. The summed E-state index contributed by atoms with van der Waals surface area (Å²) < 4.78 is 47.4. The van der Waals surface area contributed by atoms with Crippen molar-refractivity contribution >= 4 is 66.9 Å². The predicted octanol–water partition coefficient (Wildman–Crippen LogP) is 9.14. The number of nitro benzene ring substituents is 1. The fourth-order valence-electron chi connectivity index (χ4n) is 9.79. The van der Waals surface area contributed by atoms with Crippen LogP contribution in [-0.4, -0.2) is 99.8 Å². The zero-order chi connectivity index (χ0) is 46.2. The van der Waals surface area contributed by atoms with Crippen molar-refractivity contribution in [2.75, 3.05) is 69.4 Å². The van der Waals surface area contributed by atoms with Crippen molar-refractivity contribution in [1.29, 1.82) is 0 Å². The number of rotatable bonds is 13. The van der Waals surface area contributed by atoms with Gasteiger partial charge in [-0.3, -0.25) is 19.8 Å². The standard InChI is InChI=1S/C49H56ClN7O8S/c1-49(2)18-16-35(41(29-49)33-6-8-36(50)9-7-33)30-54-20-22-55(23-21-54)37-10-14-40(42(27-37)56-24-25-64-48-44(56)26-34-17-19-51-46(34)52-48)47(58)53-66(61,62)39-13-15-45(43(28-39)57(59)60)65-31-32-4-11-38(63-3)12-5-32/h6-10,13-15,17,19,26-28,32,38H,4-5,11-12,16,18,20-25,29-31H2,1-3H3,(H,51,52)(H,53,58). The first-order chi connectivity index (χ1) is 31.7. The molecule has 9 rings (SSSR count). The third kappa shape index (κ3) is 9.87. The molecule has 2 N–H and O–H groups in total. The van der Waals surface area contributed by atoms with E-state index in [1.165, 1.54) is 28.8 Å². The highest BCUT2D eigenvalue weighted by atomic mass is 35.5. The molecular weight excluding hydrogens is 882 g/mol. The second-order valence-electron chi connectivity index (χ2n) is 18.6. The number of nitro groups is 1. The molecule has 3 aromatic carbocycles. The highest BCUT2D eigenvalue weighted by Crippen LogP contribution is 2.44. The largest absolute Gasteiger partial charge is 0.487 e. The molecule has 348 valence electrons.